The summed E-state index contributed by atoms with van der Waals surface area (Å²) < 4.78 is 36.0. The molecule has 2 aliphatic carbocycles. The molecule has 38 heavy (non-hydrogen) atoms. The smallest absolute Gasteiger partial charge is 0.308 e. The summed E-state index contributed by atoms with van der Waals surface area (Å²) in [5.74, 6) is -2.05. The number of epoxide rings is 1. The second-order valence-electron chi connectivity index (χ2n) is 12.3. The van der Waals surface area contributed by atoms with Gasteiger partial charge in [-0.3, -0.25) is 14.4 Å². The first-order valence-electron chi connectivity index (χ1n) is 13.7. The van der Waals surface area contributed by atoms with E-state index in [9.17, 15) is 19.5 Å². The fourth-order valence-electron chi connectivity index (χ4n) is 7.86. The summed E-state index contributed by atoms with van der Waals surface area (Å²) in [5.41, 5.74) is -2.81. The Bertz CT molecular complexity index is 1000. The number of esters is 3. The zero-order valence-electron chi connectivity index (χ0n) is 23.0. The number of ether oxygens (including phenoxy) is 6. The quantitative estimate of drug-likeness (QED) is 0.307. The normalized spacial score (nSPS) is 46.7. The van der Waals surface area contributed by atoms with Crippen LogP contribution in [0.1, 0.15) is 60.8 Å². The number of hydrogen-bond acceptors (Lipinski definition) is 10. The molecule has 0 radical (unpaired) electrons. The molecule has 2 saturated heterocycles. The molecule has 10 heteroatoms. The Kier molecular flexibility index (Phi) is 6.84. The van der Waals surface area contributed by atoms with Gasteiger partial charge in [0.15, 0.2) is 6.10 Å². The molecule has 4 fully saturated rings. The molecule has 1 N–H and O–H groups in total. The van der Waals surface area contributed by atoms with Gasteiger partial charge in [-0.05, 0) is 37.2 Å². The van der Waals surface area contributed by atoms with Crippen LogP contribution in [0.2, 0.25) is 0 Å². The Morgan fingerprint density at radius 3 is 2.39 bits per heavy atom. The van der Waals surface area contributed by atoms with E-state index in [0.29, 0.717) is 6.42 Å². The van der Waals surface area contributed by atoms with Gasteiger partial charge in [0.05, 0.1) is 36.4 Å². The van der Waals surface area contributed by atoms with E-state index in [-0.39, 0.29) is 49.8 Å². The fourth-order valence-corrected chi connectivity index (χ4v) is 7.86. The van der Waals surface area contributed by atoms with Crippen molar-refractivity contribution in [2.45, 2.75) is 97.1 Å². The van der Waals surface area contributed by atoms with Crippen LogP contribution in [0.4, 0.5) is 0 Å². The maximum Gasteiger partial charge on any atom is 0.308 e. The Morgan fingerprint density at radius 1 is 1.11 bits per heavy atom. The number of aliphatic hydroxyl groups is 1. The molecule has 212 valence electrons. The maximum atomic E-state index is 12.8. The Labute approximate surface area is 223 Å². The third-order valence-corrected chi connectivity index (χ3v) is 10.0. The minimum absolute atomic E-state index is 0.00729. The summed E-state index contributed by atoms with van der Waals surface area (Å²) in [5, 5.41) is 11.5. The van der Waals surface area contributed by atoms with Crippen molar-refractivity contribution >= 4 is 17.9 Å². The van der Waals surface area contributed by atoms with Crippen molar-refractivity contribution in [3.63, 3.8) is 0 Å². The highest BCUT2D eigenvalue weighted by molar-refractivity contribution is 5.72. The number of rotatable bonds is 6. The molecule has 11 atom stereocenters. The molecular formula is C28H40O10. The van der Waals surface area contributed by atoms with E-state index in [4.69, 9.17) is 28.4 Å². The lowest BCUT2D eigenvalue weighted by molar-refractivity contribution is -0.284. The van der Waals surface area contributed by atoms with Crippen LogP contribution in [0.3, 0.4) is 0 Å². The average molecular weight is 537 g/mol. The Morgan fingerprint density at radius 2 is 1.82 bits per heavy atom. The number of aliphatic hydroxyl groups excluding tert-OH is 1. The summed E-state index contributed by atoms with van der Waals surface area (Å²) in [6.45, 7) is 10.4. The molecule has 3 aliphatic heterocycles. The molecule has 0 aromatic rings. The molecule has 0 unspecified atom stereocenters. The number of hydrogen-bond donors (Lipinski definition) is 1. The molecule has 5 rings (SSSR count). The van der Waals surface area contributed by atoms with Crippen LogP contribution >= 0.6 is 0 Å². The van der Waals surface area contributed by atoms with Gasteiger partial charge < -0.3 is 33.5 Å². The summed E-state index contributed by atoms with van der Waals surface area (Å²) in [6.07, 6.45) is 1.79. The summed E-state index contributed by atoms with van der Waals surface area (Å²) >= 11 is 0. The molecule has 0 amide bonds. The standard InChI is InChI=1S/C28H40O10/c1-14(2)24(32)38-23-19(31)11-20-26(6,21-10-18-7-8-33-25(18)37-21)15(3)9-22(36-17(5)30)27(20,12-34-16(4)29)28(23)13-35-28/h7-8,14-15,18-23,25,31H,9-13H2,1-6H3/t15-,18+,19-,20-,21-,22+,23+,25+,26+,27+,28-/m1/s1. The summed E-state index contributed by atoms with van der Waals surface area (Å²) in [4.78, 5) is 37.4. The molecule has 1 spiro atoms. The second-order valence-corrected chi connectivity index (χ2v) is 12.3. The lowest BCUT2D eigenvalue weighted by Gasteiger charge is -2.65. The first-order chi connectivity index (χ1) is 17.9. The van der Waals surface area contributed by atoms with Gasteiger partial charge in [-0.25, -0.2) is 0 Å². The van der Waals surface area contributed by atoms with Gasteiger partial charge >= 0.3 is 17.9 Å². The molecule has 10 nitrogen and oxygen atoms in total. The Balaban J connectivity index is 1.64. The third-order valence-electron chi connectivity index (χ3n) is 10.0. The van der Waals surface area contributed by atoms with Crippen LogP contribution in [0.25, 0.3) is 0 Å². The topological polar surface area (TPSA) is 130 Å². The molecule has 3 heterocycles. The van der Waals surface area contributed by atoms with Crippen LogP contribution in [-0.4, -0.2) is 72.5 Å². The average Bonchev–Trinajstić information content (AvgIpc) is 3.31. The van der Waals surface area contributed by atoms with Gasteiger partial charge in [0, 0.05) is 25.2 Å². The van der Waals surface area contributed by atoms with Crippen LogP contribution in [0.15, 0.2) is 12.3 Å². The molecule has 2 saturated carbocycles. The largest absolute Gasteiger partial charge is 0.472 e. The van der Waals surface area contributed by atoms with Crippen molar-refractivity contribution in [1.82, 2.24) is 0 Å². The molecule has 0 bridgehead atoms. The molecule has 0 aromatic carbocycles. The van der Waals surface area contributed by atoms with Gasteiger partial charge in [0.25, 0.3) is 0 Å². The van der Waals surface area contributed by atoms with Crippen molar-refractivity contribution in [1.29, 1.82) is 0 Å². The van der Waals surface area contributed by atoms with Crippen LogP contribution in [0.5, 0.6) is 0 Å². The first-order valence-corrected chi connectivity index (χ1v) is 13.7. The van der Waals surface area contributed by atoms with E-state index in [1.807, 2.05) is 6.08 Å². The number of carbonyl (C=O) groups excluding carboxylic acids is 3. The third kappa shape index (κ3) is 3.97. The zero-order valence-corrected chi connectivity index (χ0v) is 23.0. The van der Waals surface area contributed by atoms with E-state index in [1.54, 1.807) is 20.1 Å². The van der Waals surface area contributed by atoms with Gasteiger partial charge in [-0.2, -0.15) is 0 Å². The lowest BCUT2D eigenvalue weighted by atomic mass is 9.41. The molecular weight excluding hydrogens is 496 g/mol. The van der Waals surface area contributed by atoms with Crippen molar-refractivity contribution in [3.05, 3.63) is 12.3 Å². The highest BCUT2D eigenvalue weighted by Gasteiger charge is 2.81. The van der Waals surface area contributed by atoms with E-state index in [1.165, 1.54) is 13.8 Å². The minimum atomic E-state index is -1.19. The van der Waals surface area contributed by atoms with Crippen LogP contribution in [0, 0.1) is 34.5 Å². The predicted molar refractivity (Wildman–Crippen MR) is 131 cm³/mol. The van der Waals surface area contributed by atoms with E-state index >= 15 is 0 Å². The first kappa shape index (κ1) is 27.4. The lowest BCUT2D eigenvalue weighted by Crippen LogP contribution is -2.74. The summed E-state index contributed by atoms with van der Waals surface area (Å²) in [7, 11) is 0. The van der Waals surface area contributed by atoms with Gasteiger partial charge in [-0.15, -0.1) is 0 Å². The SMILES string of the molecule is CC(=O)OC[C@@]12[C@@H](OC(C)=O)C[C@@H](C)[C@](C)([C@H]3C[C@@H]4C=CO[C@H]4O3)[C@H]1C[C@@H](O)[C@H](OC(=O)C(C)C)[C@]21CO1. The summed E-state index contributed by atoms with van der Waals surface area (Å²) in [6, 6.07) is 0. The Hall–Kier alpha value is -2.17. The molecule has 5 aliphatic rings. The van der Waals surface area contributed by atoms with Crippen molar-refractivity contribution < 1.29 is 47.9 Å². The van der Waals surface area contributed by atoms with Crippen LogP contribution < -0.4 is 0 Å². The highest BCUT2D eigenvalue weighted by Crippen LogP contribution is 2.70. The van der Waals surface area contributed by atoms with Crippen molar-refractivity contribution in [3.8, 4) is 0 Å². The predicted octanol–water partition coefficient (Wildman–Crippen LogP) is 2.51. The number of carbonyl (C=O) groups is 3. The monoisotopic (exact) mass is 536 g/mol. The zero-order chi connectivity index (χ0) is 27.6. The minimum Gasteiger partial charge on any atom is -0.472 e. The number of fused-ring (bicyclic) bond motifs is 3. The van der Waals surface area contributed by atoms with Gasteiger partial charge in [0.2, 0.25) is 6.29 Å². The van der Waals surface area contributed by atoms with E-state index in [2.05, 4.69) is 13.8 Å². The van der Waals surface area contributed by atoms with E-state index < -0.39 is 58.6 Å². The van der Waals surface area contributed by atoms with Crippen molar-refractivity contribution in [2.75, 3.05) is 13.2 Å². The molecule has 0 aromatic heterocycles. The second kappa shape index (κ2) is 9.48. The van der Waals surface area contributed by atoms with Gasteiger partial charge in [-0.1, -0.05) is 27.7 Å². The van der Waals surface area contributed by atoms with Gasteiger partial charge in [0.1, 0.15) is 18.3 Å². The van der Waals surface area contributed by atoms with Crippen LogP contribution in [-0.2, 0) is 42.8 Å². The van der Waals surface area contributed by atoms with E-state index in [0.717, 1.165) is 6.42 Å². The fraction of sp³-hybridized carbons (Fsp3) is 0.821. The maximum absolute atomic E-state index is 12.8. The highest BCUT2D eigenvalue weighted by atomic mass is 16.7. The van der Waals surface area contributed by atoms with Crippen molar-refractivity contribution in [2.24, 2.45) is 34.5 Å².